The second-order valence-electron chi connectivity index (χ2n) is 2.46. The molecule has 2 aromatic heterocycles. The zero-order chi connectivity index (χ0) is 8.55. The van der Waals surface area contributed by atoms with Gasteiger partial charge in [0.15, 0.2) is 0 Å². The van der Waals surface area contributed by atoms with Gasteiger partial charge in [0.25, 0.3) is 0 Å². The molecule has 0 saturated heterocycles. The SMILES string of the molecule is ClCc1cnc2ccc(Cl)cn12. The minimum Gasteiger partial charge on any atom is -0.301 e. The fourth-order valence-corrected chi connectivity index (χ4v) is 1.46. The van der Waals surface area contributed by atoms with Crippen LogP contribution in [0.4, 0.5) is 0 Å². The average Bonchev–Trinajstić information content (AvgIpc) is 2.46. The van der Waals surface area contributed by atoms with Crippen molar-refractivity contribution in [3.05, 3.63) is 35.2 Å². The number of alkyl halides is 1. The third kappa shape index (κ3) is 1.17. The van der Waals surface area contributed by atoms with E-state index in [1.807, 2.05) is 22.7 Å². The molecule has 0 atom stereocenters. The highest BCUT2D eigenvalue weighted by Crippen LogP contribution is 2.13. The lowest BCUT2D eigenvalue weighted by Gasteiger charge is -1.96. The molecule has 0 aromatic carbocycles. The second kappa shape index (κ2) is 2.96. The van der Waals surface area contributed by atoms with Crippen molar-refractivity contribution in [3.8, 4) is 0 Å². The fraction of sp³-hybridized carbons (Fsp3) is 0.125. The lowest BCUT2D eigenvalue weighted by atomic mass is 10.4. The normalized spacial score (nSPS) is 10.8. The van der Waals surface area contributed by atoms with Gasteiger partial charge < -0.3 is 4.40 Å². The first-order valence-corrected chi connectivity index (χ1v) is 4.40. The van der Waals surface area contributed by atoms with Crippen LogP contribution in [0, 0.1) is 0 Å². The number of pyridine rings is 1. The summed E-state index contributed by atoms with van der Waals surface area (Å²) in [6, 6.07) is 3.67. The predicted molar refractivity (Wildman–Crippen MR) is 49.8 cm³/mol. The second-order valence-corrected chi connectivity index (χ2v) is 3.16. The summed E-state index contributed by atoms with van der Waals surface area (Å²) in [6.45, 7) is 0. The van der Waals surface area contributed by atoms with Crippen LogP contribution in [0.5, 0.6) is 0 Å². The molecular weight excluding hydrogens is 195 g/mol. The molecule has 0 saturated carbocycles. The minimum atomic E-state index is 0.446. The Balaban J connectivity index is 2.75. The number of hydrogen-bond donors (Lipinski definition) is 0. The Kier molecular flexibility index (Phi) is 1.95. The van der Waals surface area contributed by atoms with Crippen LogP contribution >= 0.6 is 23.2 Å². The molecule has 4 heteroatoms. The Morgan fingerprint density at radius 1 is 1.42 bits per heavy atom. The van der Waals surface area contributed by atoms with Crippen LogP contribution in [0.2, 0.25) is 5.02 Å². The van der Waals surface area contributed by atoms with Crippen molar-refractivity contribution >= 4 is 28.8 Å². The first-order chi connectivity index (χ1) is 5.81. The van der Waals surface area contributed by atoms with E-state index in [9.17, 15) is 0 Å². The topological polar surface area (TPSA) is 17.3 Å². The molecule has 0 bridgehead atoms. The third-order valence-electron chi connectivity index (χ3n) is 1.68. The van der Waals surface area contributed by atoms with Gasteiger partial charge in [0.05, 0.1) is 22.8 Å². The van der Waals surface area contributed by atoms with Gasteiger partial charge >= 0.3 is 0 Å². The Morgan fingerprint density at radius 3 is 3.00 bits per heavy atom. The molecule has 2 rings (SSSR count). The average molecular weight is 201 g/mol. The van der Waals surface area contributed by atoms with E-state index in [0.29, 0.717) is 10.9 Å². The van der Waals surface area contributed by atoms with Crippen molar-refractivity contribution in [2.75, 3.05) is 0 Å². The third-order valence-corrected chi connectivity index (χ3v) is 2.18. The maximum atomic E-state index is 5.81. The van der Waals surface area contributed by atoms with Gasteiger partial charge in [-0.25, -0.2) is 4.98 Å². The summed E-state index contributed by atoms with van der Waals surface area (Å²) in [5.74, 6) is 0.446. The molecule has 0 aliphatic carbocycles. The summed E-state index contributed by atoms with van der Waals surface area (Å²) in [5.41, 5.74) is 1.82. The Hall–Kier alpha value is -0.730. The summed E-state index contributed by atoms with van der Waals surface area (Å²) in [4.78, 5) is 4.15. The quantitative estimate of drug-likeness (QED) is 0.648. The van der Waals surface area contributed by atoms with E-state index in [1.165, 1.54) is 0 Å². The van der Waals surface area contributed by atoms with Gasteiger partial charge in [0.2, 0.25) is 0 Å². The van der Waals surface area contributed by atoms with E-state index >= 15 is 0 Å². The zero-order valence-electron chi connectivity index (χ0n) is 6.17. The number of rotatable bonds is 1. The molecule has 0 amide bonds. The molecule has 0 aliphatic rings. The maximum Gasteiger partial charge on any atom is 0.137 e. The molecule has 0 spiro atoms. The first-order valence-electron chi connectivity index (χ1n) is 3.49. The van der Waals surface area contributed by atoms with E-state index in [2.05, 4.69) is 4.98 Å². The Bertz CT molecular complexity index is 408. The van der Waals surface area contributed by atoms with Crippen LogP contribution in [0.1, 0.15) is 5.69 Å². The van der Waals surface area contributed by atoms with Gasteiger partial charge in [-0.2, -0.15) is 0 Å². The monoisotopic (exact) mass is 200 g/mol. The smallest absolute Gasteiger partial charge is 0.137 e. The van der Waals surface area contributed by atoms with Crippen molar-refractivity contribution in [3.63, 3.8) is 0 Å². The predicted octanol–water partition coefficient (Wildman–Crippen LogP) is 2.73. The van der Waals surface area contributed by atoms with Gasteiger partial charge in [0, 0.05) is 6.20 Å². The Morgan fingerprint density at radius 2 is 2.25 bits per heavy atom. The minimum absolute atomic E-state index is 0.446. The first kappa shape index (κ1) is 7.90. The molecule has 0 fully saturated rings. The van der Waals surface area contributed by atoms with Crippen LogP contribution < -0.4 is 0 Å². The maximum absolute atomic E-state index is 5.81. The number of imidazole rings is 1. The molecule has 0 aliphatic heterocycles. The molecule has 0 N–H and O–H groups in total. The summed E-state index contributed by atoms with van der Waals surface area (Å²) < 4.78 is 1.88. The molecule has 2 heterocycles. The summed E-state index contributed by atoms with van der Waals surface area (Å²) in [5, 5.41) is 0.687. The molecule has 0 unspecified atom stereocenters. The van der Waals surface area contributed by atoms with Gasteiger partial charge in [-0.15, -0.1) is 11.6 Å². The van der Waals surface area contributed by atoms with Crippen LogP contribution in [-0.4, -0.2) is 9.38 Å². The zero-order valence-corrected chi connectivity index (χ0v) is 7.68. The summed E-state index contributed by atoms with van der Waals surface area (Å²) in [7, 11) is 0. The molecule has 2 nitrogen and oxygen atoms in total. The standard InChI is InChI=1S/C8H6Cl2N2/c9-3-7-4-11-8-2-1-6(10)5-12(7)8/h1-2,4-5H,3H2. The van der Waals surface area contributed by atoms with E-state index in [0.717, 1.165) is 11.3 Å². The summed E-state index contributed by atoms with van der Waals surface area (Å²) in [6.07, 6.45) is 3.56. The molecule has 62 valence electrons. The van der Waals surface area contributed by atoms with Gasteiger partial charge in [-0.3, -0.25) is 0 Å². The molecule has 12 heavy (non-hydrogen) atoms. The van der Waals surface area contributed by atoms with Crippen molar-refractivity contribution in [1.29, 1.82) is 0 Å². The van der Waals surface area contributed by atoms with E-state index in [1.54, 1.807) is 6.20 Å². The lowest BCUT2D eigenvalue weighted by Crippen LogP contribution is -1.88. The van der Waals surface area contributed by atoms with Crippen molar-refractivity contribution < 1.29 is 0 Å². The molecule has 0 radical (unpaired) electrons. The van der Waals surface area contributed by atoms with Crippen LogP contribution in [0.25, 0.3) is 5.65 Å². The van der Waals surface area contributed by atoms with Crippen LogP contribution in [-0.2, 0) is 5.88 Å². The molecule has 2 aromatic rings. The van der Waals surface area contributed by atoms with E-state index in [4.69, 9.17) is 23.2 Å². The summed E-state index contributed by atoms with van der Waals surface area (Å²) >= 11 is 11.5. The van der Waals surface area contributed by atoms with Crippen LogP contribution in [0.3, 0.4) is 0 Å². The highest BCUT2D eigenvalue weighted by Gasteiger charge is 2.00. The van der Waals surface area contributed by atoms with Crippen molar-refractivity contribution in [2.24, 2.45) is 0 Å². The lowest BCUT2D eigenvalue weighted by molar-refractivity contribution is 1.09. The van der Waals surface area contributed by atoms with Gasteiger partial charge in [-0.1, -0.05) is 11.6 Å². The fourth-order valence-electron chi connectivity index (χ4n) is 1.10. The van der Waals surface area contributed by atoms with Gasteiger partial charge in [0.1, 0.15) is 5.65 Å². The van der Waals surface area contributed by atoms with Crippen molar-refractivity contribution in [2.45, 2.75) is 5.88 Å². The number of nitrogens with zero attached hydrogens (tertiary/aromatic N) is 2. The van der Waals surface area contributed by atoms with E-state index < -0.39 is 0 Å². The highest BCUT2D eigenvalue weighted by atomic mass is 35.5. The largest absolute Gasteiger partial charge is 0.301 e. The Labute approximate surface area is 79.7 Å². The molecular formula is C8H6Cl2N2. The van der Waals surface area contributed by atoms with E-state index in [-0.39, 0.29) is 0 Å². The number of hydrogen-bond acceptors (Lipinski definition) is 1. The highest BCUT2D eigenvalue weighted by molar-refractivity contribution is 6.30. The number of fused-ring (bicyclic) bond motifs is 1. The van der Waals surface area contributed by atoms with Gasteiger partial charge in [-0.05, 0) is 12.1 Å². The van der Waals surface area contributed by atoms with Crippen molar-refractivity contribution in [1.82, 2.24) is 9.38 Å². The number of aromatic nitrogens is 2. The number of halogens is 2. The van der Waals surface area contributed by atoms with Crippen LogP contribution in [0.15, 0.2) is 24.5 Å².